The number of nitrogens with zero attached hydrogens (tertiary/aromatic N) is 2. The molecule has 0 spiro atoms. The van der Waals surface area contributed by atoms with Crippen LogP contribution in [0.3, 0.4) is 0 Å². The average Bonchev–Trinajstić information content (AvgIpc) is 2.25. The first-order chi connectivity index (χ1) is 6.79. The van der Waals surface area contributed by atoms with E-state index < -0.39 is 0 Å². The molecule has 80 valence electrons. The number of hydrogen-bond acceptors (Lipinski definition) is 4. The summed E-state index contributed by atoms with van der Waals surface area (Å²) < 4.78 is 5.05. The molecule has 0 aliphatic carbocycles. The van der Waals surface area contributed by atoms with Gasteiger partial charge in [-0.3, -0.25) is 4.90 Å². The Bertz CT molecular complexity index is 202. The predicted octanol–water partition coefficient (Wildman–Crippen LogP) is 0.209. The van der Waals surface area contributed by atoms with Crippen molar-refractivity contribution in [3.8, 4) is 6.07 Å². The first kappa shape index (κ1) is 11.4. The molecule has 1 aliphatic rings. The van der Waals surface area contributed by atoms with E-state index >= 15 is 0 Å². The van der Waals surface area contributed by atoms with Crippen LogP contribution in [0.2, 0.25) is 0 Å². The van der Waals surface area contributed by atoms with Crippen molar-refractivity contribution in [1.29, 1.82) is 5.26 Å². The highest BCUT2D eigenvalue weighted by atomic mass is 16.5. The van der Waals surface area contributed by atoms with Gasteiger partial charge in [0, 0.05) is 39.4 Å². The average molecular weight is 197 g/mol. The second-order valence-corrected chi connectivity index (χ2v) is 3.72. The molecule has 0 radical (unpaired) electrons. The van der Waals surface area contributed by atoms with Crippen molar-refractivity contribution in [2.24, 2.45) is 0 Å². The molecule has 4 nitrogen and oxygen atoms in total. The zero-order valence-electron chi connectivity index (χ0n) is 8.99. The van der Waals surface area contributed by atoms with E-state index in [9.17, 15) is 0 Å². The molecule has 0 aromatic rings. The Morgan fingerprint density at radius 1 is 1.71 bits per heavy atom. The molecule has 0 amide bonds. The summed E-state index contributed by atoms with van der Waals surface area (Å²) >= 11 is 0. The minimum Gasteiger partial charge on any atom is -0.385 e. The van der Waals surface area contributed by atoms with Gasteiger partial charge in [0.25, 0.3) is 0 Å². The molecule has 0 aromatic heterocycles. The summed E-state index contributed by atoms with van der Waals surface area (Å²) in [7, 11) is 1.71. The molecule has 1 saturated heterocycles. The molecular formula is C10H19N3O. The van der Waals surface area contributed by atoms with Crippen LogP contribution >= 0.6 is 0 Å². The van der Waals surface area contributed by atoms with Crippen LogP contribution in [-0.2, 0) is 4.74 Å². The van der Waals surface area contributed by atoms with E-state index in [4.69, 9.17) is 10.00 Å². The number of methoxy groups -OCH3 is 1. The highest BCUT2D eigenvalue weighted by Gasteiger charge is 2.25. The molecule has 1 heterocycles. The third-order valence-corrected chi connectivity index (χ3v) is 2.74. The molecule has 1 fully saturated rings. The van der Waals surface area contributed by atoms with E-state index in [1.165, 1.54) is 0 Å². The van der Waals surface area contributed by atoms with Crippen molar-refractivity contribution < 1.29 is 4.74 Å². The second-order valence-electron chi connectivity index (χ2n) is 3.72. The first-order valence-electron chi connectivity index (χ1n) is 5.14. The number of nitrogens with one attached hydrogen (secondary N) is 1. The Kier molecular flexibility index (Phi) is 4.88. The summed E-state index contributed by atoms with van der Waals surface area (Å²) in [6.45, 7) is 5.66. The van der Waals surface area contributed by atoms with E-state index in [0.717, 1.165) is 32.7 Å². The van der Waals surface area contributed by atoms with E-state index in [2.05, 4.69) is 23.2 Å². The van der Waals surface area contributed by atoms with E-state index in [0.29, 0.717) is 6.04 Å². The van der Waals surface area contributed by atoms with Crippen LogP contribution in [0.25, 0.3) is 0 Å². The number of rotatable bonds is 4. The van der Waals surface area contributed by atoms with Crippen molar-refractivity contribution >= 4 is 0 Å². The fraction of sp³-hybridized carbons (Fsp3) is 0.900. The lowest BCUT2D eigenvalue weighted by Gasteiger charge is -2.36. The van der Waals surface area contributed by atoms with Crippen LogP contribution in [0, 0.1) is 11.3 Å². The predicted molar refractivity (Wildman–Crippen MR) is 54.9 cm³/mol. The van der Waals surface area contributed by atoms with Crippen LogP contribution < -0.4 is 5.32 Å². The molecule has 0 saturated carbocycles. The fourth-order valence-electron chi connectivity index (χ4n) is 1.82. The van der Waals surface area contributed by atoms with Gasteiger partial charge in [0.2, 0.25) is 0 Å². The molecule has 2 atom stereocenters. The van der Waals surface area contributed by atoms with Gasteiger partial charge in [-0.25, -0.2) is 0 Å². The largest absolute Gasteiger partial charge is 0.385 e. The Labute approximate surface area is 85.8 Å². The summed E-state index contributed by atoms with van der Waals surface area (Å²) in [5, 5.41) is 12.2. The van der Waals surface area contributed by atoms with Crippen molar-refractivity contribution in [3.05, 3.63) is 0 Å². The highest BCUT2D eigenvalue weighted by Crippen LogP contribution is 2.10. The monoisotopic (exact) mass is 197 g/mol. The highest BCUT2D eigenvalue weighted by molar-refractivity contribution is 4.97. The van der Waals surface area contributed by atoms with Crippen molar-refractivity contribution in [3.63, 3.8) is 0 Å². The topological polar surface area (TPSA) is 48.3 Å². The Morgan fingerprint density at radius 3 is 3.14 bits per heavy atom. The molecule has 2 unspecified atom stereocenters. The van der Waals surface area contributed by atoms with Gasteiger partial charge in [-0.15, -0.1) is 0 Å². The third kappa shape index (κ3) is 2.95. The smallest absolute Gasteiger partial charge is 0.111 e. The van der Waals surface area contributed by atoms with Crippen LogP contribution in [-0.4, -0.2) is 50.3 Å². The first-order valence-corrected chi connectivity index (χ1v) is 5.14. The fourth-order valence-corrected chi connectivity index (χ4v) is 1.82. The summed E-state index contributed by atoms with van der Waals surface area (Å²) in [6, 6.07) is 2.79. The molecule has 1 N–H and O–H groups in total. The van der Waals surface area contributed by atoms with Gasteiger partial charge in [-0.1, -0.05) is 0 Å². The molecule has 4 heteroatoms. The zero-order chi connectivity index (χ0) is 10.4. The molecule has 1 rings (SSSR count). The minimum atomic E-state index is 0.0237. The quantitative estimate of drug-likeness (QED) is 0.700. The Morgan fingerprint density at radius 2 is 2.50 bits per heavy atom. The summed E-state index contributed by atoms with van der Waals surface area (Å²) in [5.41, 5.74) is 0. The van der Waals surface area contributed by atoms with Crippen molar-refractivity contribution in [2.45, 2.75) is 25.4 Å². The minimum absolute atomic E-state index is 0.0237. The van der Waals surface area contributed by atoms with Crippen LogP contribution in [0.4, 0.5) is 0 Å². The van der Waals surface area contributed by atoms with Crippen molar-refractivity contribution in [2.75, 3.05) is 33.4 Å². The van der Waals surface area contributed by atoms with E-state index in [1.54, 1.807) is 7.11 Å². The maximum atomic E-state index is 8.97. The van der Waals surface area contributed by atoms with Crippen LogP contribution in [0.5, 0.6) is 0 Å². The van der Waals surface area contributed by atoms with Gasteiger partial charge >= 0.3 is 0 Å². The summed E-state index contributed by atoms with van der Waals surface area (Å²) in [6.07, 6.45) is 0.995. The number of piperazine rings is 1. The van der Waals surface area contributed by atoms with E-state index in [1.807, 2.05) is 0 Å². The lowest BCUT2D eigenvalue weighted by molar-refractivity contribution is 0.107. The van der Waals surface area contributed by atoms with Crippen LogP contribution in [0.1, 0.15) is 13.3 Å². The summed E-state index contributed by atoms with van der Waals surface area (Å²) in [4.78, 5) is 2.26. The molecule has 0 aromatic carbocycles. The standard InChI is InChI=1S/C10H19N3O/c1-9(3-6-14-2)13-5-4-12-8-10(13)7-11/h9-10,12H,3-6,8H2,1-2H3. The Balaban J connectivity index is 2.42. The number of ether oxygens (including phenoxy) is 1. The van der Waals surface area contributed by atoms with E-state index in [-0.39, 0.29) is 6.04 Å². The maximum Gasteiger partial charge on any atom is 0.111 e. The maximum absolute atomic E-state index is 8.97. The van der Waals surface area contributed by atoms with Gasteiger partial charge in [-0.2, -0.15) is 5.26 Å². The van der Waals surface area contributed by atoms with Crippen LogP contribution in [0.15, 0.2) is 0 Å². The normalized spacial score (nSPS) is 25.6. The van der Waals surface area contributed by atoms with Crippen molar-refractivity contribution in [1.82, 2.24) is 10.2 Å². The molecular weight excluding hydrogens is 178 g/mol. The zero-order valence-corrected chi connectivity index (χ0v) is 8.99. The Hall–Kier alpha value is -0.630. The number of hydrogen-bond donors (Lipinski definition) is 1. The van der Waals surface area contributed by atoms with Gasteiger partial charge in [0.15, 0.2) is 0 Å². The molecule has 1 aliphatic heterocycles. The van der Waals surface area contributed by atoms with Gasteiger partial charge < -0.3 is 10.1 Å². The SMILES string of the molecule is COCCC(C)N1CCNCC1C#N. The lowest BCUT2D eigenvalue weighted by Crippen LogP contribution is -2.54. The molecule has 0 bridgehead atoms. The third-order valence-electron chi connectivity index (χ3n) is 2.74. The van der Waals surface area contributed by atoms with Gasteiger partial charge in [0.1, 0.15) is 6.04 Å². The van der Waals surface area contributed by atoms with Gasteiger partial charge in [0.05, 0.1) is 6.07 Å². The lowest BCUT2D eigenvalue weighted by atomic mass is 10.1. The molecule has 14 heavy (non-hydrogen) atoms. The number of nitriles is 1. The second kappa shape index (κ2) is 5.97. The van der Waals surface area contributed by atoms with Gasteiger partial charge in [-0.05, 0) is 13.3 Å². The summed E-state index contributed by atoms with van der Waals surface area (Å²) in [5.74, 6) is 0.